The molecule has 0 spiro atoms. The van der Waals surface area contributed by atoms with Crippen molar-refractivity contribution in [1.82, 2.24) is 30.1 Å². The van der Waals surface area contributed by atoms with E-state index in [1.54, 1.807) is 19.1 Å². The van der Waals surface area contributed by atoms with Crippen LogP contribution in [-0.2, 0) is 13.0 Å². The van der Waals surface area contributed by atoms with Crippen LogP contribution in [0.3, 0.4) is 0 Å². The highest BCUT2D eigenvalue weighted by molar-refractivity contribution is 5.54. The third-order valence-electron chi connectivity index (χ3n) is 5.37. The Labute approximate surface area is 168 Å². The van der Waals surface area contributed by atoms with Crippen LogP contribution in [0.15, 0.2) is 27.2 Å². The fourth-order valence-corrected chi connectivity index (χ4v) is 3.41. The monoisotopic (exact) mass is 400 g/mol. The number of hydrogen-bond donors (Lipinski definition) is 0. The van der Waals surface area contributed by atoms with Gasteiger partial charge in [-0.3, -0.25) is 9.80 Å². The summed E-state index contributed by atoms with van der Waals surface area (Å²) in [6.07, 6.45) is 0.769. The quantitative estimate of drug-likeness (QED) is 0.624. The van der Waals surface area contributed by atoms with E-state index in [0.29, 0.717) is 35.3 Å². The lowest BCUT2D eigenvalue weighted by Crippen LogP contribution is -2.46. The second kappa shape index (κ2) is 8.38. The number of rotatable bonds is 6. The van der Waals surface area contributed by atoms with Crippen molar-refractivity contribution in [3.8, 4) is 11.4 Å². The van der Waals surface area contributed by atoms with Gasteiger partial charge in [-0.25, -0.2) is 4.39 Å². The molecule has 1 atom stereocenters. The maximum absolute atomic E-state index is 13.8. The number of nitrogens with zero attached hydrogens (tertiary/aromatic N) is 6. The summed E-state index contributed by atoms with van der Waals surface area (Å²) in [5.41, 5.74) is 1.21. The van der Waals surface area contributed by atoms with Crippen molar-refractivity contribution in [2.45, 2.75) is 39.8 Å². The number of piperazine rings is 1. The van der Waals surface area contributed by atoms with E-state index >= 15 is 0 Å². The molecule has 0 saturated carbocycles. The minimum Gasteiger partial charge on any atom is -0.338 e. The summed E-state index contributed by atoms with van der Waals surface area (Å²) >= 11 is 0. The molecule has 1 unspecified atom stereocenters. The molecule has 3 heterocycles. The highest BCUT2D eigenvalue weighted by Gasteiger charge is 2.26. The van der Waals surface area contributed by atoms with Gasteiger partial charge in [-0.05, 0) is 25.5 Å². The summed E-state index contributed by atoms with van der Waals surface area (Å²) in [7, 11) is 0. The van der Waals surface area contributed by atoms with Crippen LogP contribution in [0.4, 0.5) is 4.39 Å². The summed E-state index contributed by atoms with van der Waals surface area (Å²) in [4.78, 5) is 13.5. The summed E-state index contributed by atoms with van der Waals surface area (Å²) in [5, 5.41) is 7.98. The largest absolute Gasteiger partial charge is 0.338 e. The standard InChI is InChI=1S/C20H25FN6O2/c1-4-17-22-20(29-24-17)14(3)27-9-7-26(8-10-27)12-18-23-19(25-28-18)15-6-5-13(2)16(21)11-15/h5-6,11,14H,4,7-10,12H2,1-3H3. The van der Waals surface area contributed by atoms with Gasteiger partial charge in [-0.15, -0.1) is 0 Å². The molecule has 1 fully saturated rings. The van der Waals surface area contributed by atoms with E-state index in [-0.39, 0.29) is 11.9 Å². The van der Waals surface area contributed by atoms with Crippen LogP contribution in [-0.4, -0.2) is 56.3 Å². The molecule has 0 aliphatic carbocycles. The summed E-state index contributed by atoms with van der Waals surface area (Å²) < 4.78 is 24.5. The van der Waals surface area contributed by atoms with Gasteiger partial charge in [0.1, 0.15) is 5.82 Å². The Bertz CT molecular complexity index is 964. The Kier molecular flexibility index (Phi) is 5.68. The van der Waals surface area contributed by atoms with Gasteiger partial charge in [0.25, 0.3) is 0 Å². The lowest BCUT2D eigenvalue weighted by atomic mass is 10.1. The van der Waals surface area contributed by atoms with Crippen LogP contribution in [0.1, 0.15) is 43.1 Å². The number of aryl methyl sites for hydroxylation is 2. The molecule has 1 aliphatic heterocycles. The van der Waals surface area contributed by atoms with Crippen LogP contribution in [0.2, 0.25) is 0 Å². The average molecular weight is 400 g/mol. The van der Waals surface area contributed by atoms with E-state index in [9.17, 15) is 4.39 Å². The molecule has 29 heavy (non-hydrogen) atoms. The molecule has 0 bridgehead atoms. The summed E-state index contributed by atoms with van der Waals surface area (Å²) in [6, 6.07) is 5.05. The topological polar surface area (TPSA) is 84.3 Å². The predicted molar refractivity (Wildman–Crippen MR) is 103 cm³/mol. The van der Waals surface area contributed by atoms with Gasteiger partial charge >= 0.3 is 0 Å². The molecule has 4 rings (SSSR count). The van der Waals surface area contributed by atoms with Crippen LogP contribution >= 0.6 is 0 Å². The molecule has 1 aliphatic rings. The van der Waals surface area contributed by atoms with Crippen LogP contribution in [0, 0.1) is 12.7 Å². The smallest absolute Gasteiger partial charge is 0.243 e. The fourth-order valence-electron chi connectivity index (χ4n) is 3.41. The van der Waals surface area contributed by atoms with Crippen molar-refractivity contribution in [3.63, 3.8) is 0 Å². The van der Waals surface area contributed by atoms with Crippen molar-refractivity contribution in [3.05, 3.63) is 47.2 Å². The third kappa shape index (κ3) is 4.35. The fraction of sp³-hybridized carbons (Fsp3) is 0.500. The number of hydrogen-bond acceptors (Lipinski definition) is 8. The highest BCUT2D eigenvalue weighted by atomic mass is 19.1. The normalized spacial score (nSPS) is 17.0. The zero-order chi connectivity index (χ0) is 20.4. The lowest BCUT2D eigenvalue weighted by molar-refractivity contribution is 0.0785. The molecule has 0 N–H and O–H groups in total. The van der Waals surface area contributed by atoms with E-state index < -0.39 is 0 Å². The highest BCUT2D eigenvalue weighted by Crippen LogP contribution is 2.22. The van der Waals surface area contributed by atoms with Crippen LogP contribution in [0.25, 0.3) is 11.4 Å². The Morgan fingerprint density at radius 1 is 1.10 bits per heavy atom. The number of halogens is 1. The van der Waals surface area contributed by atoms with Crippen molar-refractivity contribution in [1.29, 1.82) is 0 Å². The van der Waals surface area contributed by atoms with Gasteiger partial charge in [0.15, 0.2) is 5.82 Å². The molecule has 8 nitrogen and oxygen atoms in total. The van der Waals surface area contributed by atoms with E-state index in [2.05, 4.69) is 37.0 Å². The van der Waals surface area contributed by atoms with Gasteiger partial charge in [0.2, 0.25) is 17.6 Å². The molecule has 154 valence electrons. The minimum absolute atomic E-state index is 0.0939. The molecular formula is C20H25FN6O2. The predicted octanol–water partition coefficient (Wildman–Crippen LogP) is 3.01. The first-order chi connectivity index (χ1) is 14.0. The SMILES string of the molecule is CCc1noc(C(C)N2CCN(Cc3nc(-c4ccc(C)c(F)c4)no3)CC2)n1. The lowest BCUT2D eigenvalue weighted by Gasteiger charge is -2.36. The van der Waals surface area contributed by atoms with Crippen LogP contribution in [0.5, 0.6) is 0 Å². The second-order valence-corrected chi connectivity index (χ2v) is 7.37. The molecule has 1 aromatic carbocycles. The minimum atomic E-state index is -0.272. The average Bonchev–Trinajstić information content (AvgIpc) is 3.40. The molecule has 0 radical (unpaired) electrons. The second-order valence-electron chi connectivity index (χ2n) is 7.37. The maximum atomic E-state index is 13.8. The van der Waals surface area contributed by atoms with Crippen molar-refractivity contribution >= 4 is 0 Å². The first-order valence-electron chi connectivity index (χ1n) is 9.91. The summed E-state index contributed by atoms with van der Waals surface area (Å²) in [5.74, 6) is 2.08. The Morgan fingerprint density at radius 3 is 2.59 bits per heavy atom. The number of aromatic nitrogens is 4. The van der Waals surface area contributed by atoms with E-state index in [0.717, 1.165) is 38.4 Å². The Balaban J connectivity index is 1.33. The van der Waals surface area contributed by atoms with Crippen LogP contribution < -0.4 is 0 Å². The molecule has 2 aromatic heterocycles. The molecule has 0 amide bonds. The van der Waals surface area contributed by atoms with E-state index in [1.165, 1.54) is 6.07 Å². The van der Waals surface area contributed by atoms with Gasteiger partial charge < -0.3 is 9.05 Å². The van der Waals surface area contributed by atoms with Gasteiger partial charge in [-0.1, -0.05) is 29.4 Å². The molecule has 9 heteroatoms. The van der Waals surface area contributed by atoms with Crippen molar-refractivity contribution in [2.75, 3.05) is 26.2 Å². The van der Waals surface area contributed by atoms with Gasteiger partial charge in [-0.2, -0.15) is 9.97 Å². The molecule has 3 aromatic rings. The summed E-state index contributed by atoms with van der Waals surface area (Å²) in [6.45, 7) is 9.91. The third-order valence-corrected chi connectivity index (χ3v) is 5.37. The Morgan fingerprint density at radius 2 is 1.90 bits per heavy atom. The molecular weight excluding hydrogens is 375 g/mol. The number of benzene rings is 1. The van der Waals surface area contributed by atoms with E-state index in [1.807, 2.05) is 6.92 Å². The maximum Gasteiger partial charge on any atom is 0.243 e. The zero-order valence-corrected chi connectivity index (χ0v) is 16.9. The van der Waals surface area contributed by atoms with Gasteiger partial charge in [0, 0.05) is 38.2 Å². The Hall–Kier alpha value is -2.65. The van der Waals surface area contributed by atoms with E-state index in [4.69, 9.17) is 9.05 Å². The van der Waals surface area contributed by atoms with Gasteiger partial charge in [0.05, 0.1) is 12.6 Å². The van der Waals surface area contributed by atoms with Crippen molar-refractivity contribution < 1.29 is 13.4 Å². The molecule has 1 saturated heterocycles. The first kappa shape index (κ1) is 19.7. The first-order valence-corrected chi connectivity index (χ1v) is 9.91. The van der Waals surface area contributed by atoms with Crippen molar-refractivity contribution in [2.24, 2.45) is 0 Å². The zero-order valence-electron chi connectivity index (χ0n) is 16.9.